The topological polar surface area (TPSA) is 74.2 Å². The van der Waals surface area contributed by atoms with Crippen molar-refractivity contribution in [3.8, 4) is 11.5 Å². The number of hydrogen-bond donors (Lipinski definition) is 1. The van der Waals surface area contributed by atoms with Crippen molar-refractivity contribution in [2.45, 2.75) is 26.0 Å². The summed E-state index contributed by atoms with van der Waals surface area (Å²) in [6.07, 6.45) is 0.0214. The Hall–Kier alpha value is -1.86. The fraction of sp³-hybridized carbons (Fsp3) is 0.385. The van der Waals surface area contributed by atoms with Gasteiger partial charge in [0, 0.05) is 0 Å². The molecule has 0 aliphatic rings. The SMILES string of the molecule is CC(C)OCC(N)c1noc(-c2cc(F)ccc2F)n1. The van der Waals surface area contributed by atoms with Gasteiger partial charge in [0.15, 0.2) is 5.82 Å². The first kappa shape index (κ1) is 14.5. The quantitative estimate of drug-likeness (QED) is 0.912. The Morgan fingerprint density at radius 1 is 1.35 bits per heavy atom. The fourth-order valence-corrected chi connectivity index (χ4v) is 1.53. The van der Waals surface area contributed by atoms with E-state index in [1.807, 2.05) is 13.8 Å². The van der Waals surface area contributed by atoms with Crippen molar-refractivity contribution < 1.29 is 18.0 Å². The lowest BCUT2D eigenvalue weighted by atomic mass is 10.2. The van der Waals surface area contributed by atoms with Gasteiger partial charge in [-0.15, -0.1) is 0 Å². The Labute approximate surface area is 114 Å². The van der Waals surface area contributed by atoms with Crippen molar-refractivity contribution in [1.82, 2.24) is 10.1 Å². The number of rotatable bonds is 5. The zero-order valence-electron chi connectivity index (χ0n) is 11.1. The lowest BCUT2D eigenvalue weighted by Gasteiger charge is -2.10. The second kappa shape index (κ2) is 6.06. The predicted molar refractivity (Wildman–Crippen MR) is 67.7 cm³/mol. The van der Waals surface area contributed by atoms with E-state index in [0.29, 0.717) is 0 Å². The second-order valence-corrected chi connectivity index (χ2v) is 4.57. The van der Waals surface area contributed by atoms with Gasteiger partial charge >= 0.3 is 0 Å². The van der Waals surface area contributed by atoms with E-state index in [0.717, 1.165) is 18.2 Å². The summed E-state index contributed by atoms with van der Waals surface area (Å²) in [4.78, 5) is 3.97. The molecule has 1 heterocycles. The van der Waals surface area contributed by atoms with Crippen LogP contribution in [0.4, 0.5) is 8.78 Å². The molecule has 2 aromatic rings. The molecule has 0 fully saturated rings. The number of ether oxygens (including phenoxy) is 1. The van der Waals surface area contributed by atoms with Crippen LogP contribution >= 0.6 is 0 Å². The molecule has 108 valence electrons. The Morgan fingerprint density at radius 3 is 2.80 bits per heavy atom. The number of benzene rings is 1. The third-order valence-corrected chi connectivity index (χ3v) is 2.54. The molecule has 0 spiro atoms. The van der Waals surface area contributed by atoms with E-state index in [1.54, 1.807) is 0 Å². The molecule has 1 aromatic heterocycles. The molecule has 0 radical (unpaired) electrons. The summed E-state index contributed by atoms with van der Waals surface area (Å²) in [6, 6.07) is 2.41. The van der Waals surface area contributed by atoms with Gasteiger partial charge < -0.3 is 15.0 Å². The average Bonchev–Trinajstić information content (AvgIpc) is 2.88. The number of halogens is 2. The lowest BCUT2D eigenvalue weighted by molar-refractivity contribution is 0.0665. The summed E-state index contributed by atoms with van der Waals surface area (Å²) < 4.78 is 36.9. The number of aromatic nitrogens is 2. The molecular weight excluding hydrogens is 268 g/mol. The van der Waals surface area contributed by atoms with Crippen LogP contribution in [0, 0.1) is 11.6 Å². The predicted octanol–water partition coefficient (Wildman–Crippen LogP) is 2.44. The number of nitrogens with two attached hydrogens (primary N) is 1. The summed E-state index contributed by atoms with van der Waals surface area (Å²) in [6.45, 7) is 3.95. The van der Waals surface area contributed by atoms with Crippen molar-refractivity contribution in [3.63, 3.8) is 0 Å². The van der Waals surface area contributed by atoms with Gasteiger partial charge in [-0.2, -0.15) is 4.98 Å². The highest BCUT2D eigenvalue weighted by Gasteiger charge is 2.18. The Bertz CT molecular complexity index is 587. The van der Waals surface area contributed by atoms with Crippen LogP contribution in [0.15, 0.2) is 22.7 Å². The monoisotopic (exact) mass is 283 g/mol. The van der Waals surface area contributed by atoms with E-state index in [1.165, 1.54) is 0 Å². The van der Waals surface area contributed by atoms with Crippen LogP contribution in [0.3, 0.4) is 0 Å². The normalized spacial score (nSPS) is 12.9. The highest BCUT2D eigenvalue weighted by atomic mass is 19.1. The van der Waals surface area contributed by atoms with E-state index in [4.69, 9.17) is 15.0 Å². The Balaban J connectivity index is 2.18. The molecule has 20 heavy (non-hydrogen) atoms. The summed E-state index contributed by atoms with van der Waals surface area (Å²) in [7, 11) is 0. The van der Waals surface area contributed by atoms with Gasteiger partial charge in [-0.1, -0.05) is 5.16 Å². The molecule has 0 aliphatic heterocycles. The third-order valence-electron chi connectivity index (χ3n) is 2.54. The largest absolute Gasteiger partial charge is 0.377 e. The zero-order valence-corrected chi connectivity index (χ0v) is 11.1. The minimum atomic E-state index is -0.645. The Kier molecular flexibility index (Phi) is 4.41. The van der Waals surface area contributed by atoms with Crippen LogP contribution in [0.2, 0.25) is 0 Å². The van der Waals surface area contributed by atoms with Gasteiger partial charge in [0.1, 0.15) is 11.6 Å². The van der Waals surface area contributed by atoms with E-state index >= 15 is 0 Å². The van der Waals surface area contributed by atoms with Crippen LogP contribution in [0.1, 0.15) is 25.7 Å². The molecule has 0 saturated heterocycles. The molecule has 1 unspecified atom stereocenters. The maximum absolute atomic E-state index is 13.6. The van der Waals surface area contributed by atoms with Crippen molar-refractivity contribution in [3.05, 3.63) is 35.7 Å². The van der Waals surface area contributed by atoms with Gasteiger partial charge in [-0.05, 0) is 32.0 Å². The molecule has 2 N–H and O–H groups in total. The van der Waals surface area contributed by atoms with E-state index in [2.05, 4.69) is 10.1 Å². The van der Waals surface area contributed by atoms with Gasteiger partial charge in [0.25, 0.3) is 5.89 Å². The first-order valence-electron chi connectivity index (χ1n) is 6.13. The summed E-state index contributed by atoms with van der Waals surface area (Å²) in [5, 5.41) is 3.66. The standard InChI is InChI=1S/C13H15F2N3O2/c1-7(2)19-6-11(16)12-17-13(20-18-12)9-5-8(14)3-4-10(9)15/h3-5,7,11H,6,16H2,1-2H3. The van der Waals surface area contributed by atoms with Crippen LogP contribution in [0.25, 0.3) is 11.5 Å². The smallest absolute Gasteiger partial charge is 0.261 e. The van der Waals surface area contributed by atoms with Crippen molar-refractivity contribution in [2.75, 3.05) is 6.61 Å². The van der Waals surface area contributed by atoms with Crippen molar-refractivity contribution in [1.29, 1.82) is 0 Å². The average molecular weight is 283 g/mol. The van der Waals surface area contributed by atoms with Gasteiger partial charge in [-0.25, -0.2) is 8.78 Å². The van der Waals surface area contributed by atoms with Crippen LogP contribution in [0.5, 0.6) is 0 Å². The molecule has 0 amide bonds. The van der Waals surface area contributed by atoms with Crippen LogP contribution < -0.4 is 5.73 Å². The van der Waals surface area contributed by atoms with Crippen LogP contribution in [-0.4, -0.2) is 22.9 Å². The molecule has 1 atom stereocenters. The van der Waals surface area contributed by atoms with Gasteiger partial charge in [-0.3, -0.25) is 0 Å². The first-order chi connectivity index (χ1) is 9.47. The molecule has 0 bridgehead atoms. The summed E-state index contributed by atoms with van der Waals surface area (Å²) in [5.41, 5.74) is 5.73. The minimum Gasteiger partial charge on any atom is -0.377 e. The van der Waals surface area contributed by atoms with Crippen molar-refractivity contribution >= 4 is 0 Å². The highest BCUT2D eigenvalue weighted by Crippen LogP contribution is 2.23. The molecule has 1 aromatic carbocycles. The second-order valence-electron chi connectivity index (χ2n) is 4.57. The Morgan fingerprint density at radius 2 is 2.10 bits per heavy atom. The highest BCUT2D eigenvalue weighted by molar-refractivity contribution is 5.53. The van der Waals surface area contributed by atoms with Crippen molar-refractivity contribution in [2.24, 2.45) is 5.73 Å². The minimum absolute atomic E-state index is 0.0214. The fourth-order valence-electron chi connectivity index (χ4n) is 1.53. The van der Waals surface area contributed by atoms with E-state index in [9.17, 15) is 8.78 Å². The van der Waals surface area contributed by atoms with Gasteiger partial charge in [0.05, 0.1) is 24.3 Å². The number of hydrogen-bond acceptors (Lipinski definition) is 5. The van der Waals surface area contributed by atoms with Crippen LogP contribution in [-0.2, 0) is 4.74 Å². The molecule has 0 aliphatic carbocycles. The first-order valence-corrected chi connectivity index (χ1v) is 6.13. The molecule has 7 heteroatoms. The maximum atomic E-state index is 13.6. The van der Waals surface area contributed by atoms with E-state index < -0.39 is 17.7 Å². The summed E-state index contributed by atoms with van der Waals surface area (Å²) in [5.74, 6) is -1.16. The van der Waals surface area contributed by atoms with E-state index in [-0.39, 0.29) is 30.0 Å². The zero-order chi connectivity index (χ0) is 14.7. The molecule has 2 rings (SSSR count). The summed E-state index contributed by atoms with van der Waals surface area (Å²) >= 11 is 0. The molecule has 0 saturated carbocycles. The molecular formula is C13H15F2N3O2. The molecule has 5 nitrogen and oxygen atoms in total. The number of nitrogens with zero attached hydrogens (tertiary/aromatic N) is 2. The van der Waals surface area contributed by atoms with Gasteiger partial charge in [0.2, 0.25) is 0 Å². The lowest BCUT2D eigenvalue weighted by Crippen LogP contribution is -2.20. The maximum Gasteiger partial charge on any atom is 0.261 e. The third kappa shape index (κ3) is 3.37.